The summed E-state index contributed by atoms with van der Waals surface area (Å²) < 4.78 is 0. The highest BCUT2D eigenvalue weighted by Gasteiger charge is 2.08. The van der Waals surface area contributed by atoms with Crippen LogP contribution in [0.4, 0.5) is 5.82 Å². The van der Waals surface area contributed by atoms with Crippen molar-refractivity contribution in [1.29, 1.82) is 0 Å². The molecule has 0 atom stereocenters. The molecule has 3 aromatic rings. The number of anilines is 1. The van der Waals surface area contributed by atoms with Gasteiger partial charge in [0, 0.05) is 20.2 Å². The van der Waals surface area contributed by atoms with Crippen molar-refractivity contribution in [3.63, 3.8) is 0 Å². The van der Waals surface area contributed by atoms with Gasteiger partial charge >= 0.3 is 0 Å². The van der Waals surface area contributed by atoms with E-state index in [-0.39, 0.29) is 5.56 Å². The molecule has 0 aliphatic carbocycles. The smallest absolute Gasteiger partial charge is 0.264 e. The van der Waals surface area contributed by atoms with Crippen molar-refractivity contribution in [3.8, 4) is 11.5 Å². The maximum Gasteiger partial charge on any atom is 0.264 e. The molecule has 0 saturated heterocycles. The van der Waals surface area contributed by atoms with Crippen LogP contribution < -0.4 is 10.5 Å². The Bertz CT molecular complexity index is 768. The molecule has 96 valence electrons. The van der Waals surface area contributed by atoms with E-state index in [0.29, 0.717) is 17.2 Å². The normalized spacial score (nSPS) is 10.8. The Morgan fingerprint density at radius 3 is 2.63 bits per heavy atom. The number of aromatic amines is 2. The Morgan fingerprint density at radius 2 is 1.95 bits per heavy atom. The van der Waals surface area contributed by atoms with Gasteiger partial charge in [-0.1, -0.05) is 0 Å². The number of fused-ring (bicyclic) bond motifs is 1. The van der Waals surface area contributed by atoms with Crippen LogP contribution in [0.2, 0.25) is 0 Å². The van der Waals surface area contributed by atoms with Crippen LogP contribution in [0.5, 0.6) is 0 Å². The third-order valence-electron chi connectivity index (χ3n) is 2.71. The molecule has 0 fully saturated rings. The third kappa shape index (κ3) is 2.05. The van der Waals surface area contributed by atoms with Gasteiger partial charge in [0.1, 0.15) is 11.5 Å². The minimum atomic E-state index is -0.243. The zero-order valence-electron chi connectivity index (χ0n) is 10.5. The topological polar surface area (TPSA) is 90.6 Å². The highest BCUT2D eigenvalue weighted by Crippen LogP contribution is 2.18. The van der Waals surface area contributed by atoms with Crippen LogP contribution >= 0.6 is 0 Å². The lowest BCUT2D eigenvalue weighted by Crippen LogP contribution is -2.10. The van der Waals surface area contributed by atoms with Crippen LogP contribution in [0.1, 0.15) is 0 Å². The maximum absolute atomic E-state index is 11.0. The van der Waals surface area contributed by atoms with E-state index < -0.39 is 0 Å². The van der Waals surface area contributed by atoms with Crippen molar-refractivity contribution < 1.29 is 0 Å². The molecular weight excluding hydrogens is 244 g/mol. The summed E-state index contributed by atoms with van der Waals surface area (Å²) in [6.07, 6.45) is 0. The molecule has 0 unspecified atom stereocenters. The van der Waals surface area contributed by atoms with E-state index in [1.807, 2.05) is 31.1 Å². The SMILES string of the molecule is CN(C)c1ccc2[nH]c(-c3ccc(=O)[nH]n3)nc2n1. The molecule has 0 spiro atoms. The van der Waals surface area contributed by atoms with Gasteiger partial charge in [0.25, 0.3) is 5.56 Å². The summed E-state index contributed by atoms with van der Waals surface area (Å²) in [6.45, 7) is 0. The van der Waals surface area contributed by atoms with E-state index in [9.17, 15) is 4.79 Å². The van der Waals surface area contributed by atoms with Gasteiger partial charge < -0.3 is 9.88 Å². The summed E-state index contributed by atoms with van der Waals surface area (Å²) >= 11 is 0. The van der Waals surface area contributed by atoms with Gasteiger partial charge in [-0.15, -0.1) is 0 Å². The van der Waals surface area contributed by atoms with E-state index in [2.05, 4.69) is 25.1 Å². The lowest BCUT2D eigenvalue weighted by Gasteiger charge is -2.09. The average Bonchev–Trinajstić information content (AvgIpc) is 2.82. The molecule has 0 aliphatic rings. The molecule has 3 aromatic heterocycles. The largest absolute Gasteiger partial charge is 0.363 e. The van der Waals surface area contributed by atoms with Crippen LogP contribution in [0.25, 0.3) is 22.7 Å². The molecular formula is C12H12N6O. The Morgan fingerprint density at radius 1 is 1.11 bits per heavy atom. The molecule has 3 rings (SSSR count). The van der Waals surface area contributed by atoms with Crippen molar-refractivity contribution in [1.82, 2.24) is 25.1 Å². The first kappa shape index (κ1) is 11.4. The first-order valence-electron chi connectivity index (χ1n) is 5.74. The quantitative estimate of drug-likeness (QED) is 0.707. The fraction of sp³-hybridized carbons (Fsp3) is 0.167. The minimum Gasteiger partial charge on any atom is -0.363 e. The number of rotatable bonds is 2. The van der Waals surface area contributed by atoms with Crippen LogP contribution in [0.3, 0.4) is 0 Å². The van der Waals surface area contributed by atoms with Gasteiger partial charge in [-0.3, -0.25) is 4.79 Å². The molecule has 0 saturated carbocycles. The Labute approximate surface area is 108 Å². The van der Waals surface area contributed by atoms with E-state index >= 15 is 0 Å². The second-order valence-corrected chi connectivity index (χ2v) is 4.33. The predicted molar refractivity (Wildman–Crippen MR) is 72.1 cm³/mol. The number of H-pyrrole nitrogens is 2. The number of pyridine rings is 1. The van der Waals surface area contributed by atoms with Gasteiger partial charge in [0.15, 0.2) is 11.5 Å². The first-order valence-corrected chi connectivity index (χ1v) is 5.74. The molecule has 0 amide bonds. The monoisotopic (exact) mass is 256 g/mol. The molecule has 7 nitrogen and oxygen atoms in total. The summed E-state index contributed by atoms with van der Waals surface area (Å²) in [6, 6.07) is 6.85. The Balaban J connectivity index is 2.11. The minimum absolute atomic E-state index is 0.243. The zero-order chi connectivity index (χ0) is 13.4. The standard InChI is InChI=1S/C12H12N6O/c1-18(2)9-5-3-7-11(14-9)15-12(13-7)8-4-6-10(19)17-16-8/h3-6H,1-2H3,(H,17,19)(H,13,14,15). The third-order valence-corrected chi connectivity index (χ3v) is 2.71. The Kier molecular flexibility index (Phi) is 2.52. The molecule has 7 heteroatoms. The summed E-state index contributed by atoms with van der Waals surface area (Å²) in [4.78, 5) is 24.8. The van der Waals surface area contributed by atoms with Crippen molar-refractivity contribution in [2.24, 2.45) is 0 Å². The molecule has 0 bridgehead atoms. The molecule has 0 aromatic carbocycles. The number of hydrogen-bond acceptors (Lipinski definition) is 5. The van der Waals surface area contributed by atoms with Gasteiger partial charge in [0.05, 0.1) is 5.52 Å². The van der Waals surface area contributed by atoms with Crippen LogP contribution in [-0.4, -0.2) is 39.2 Å². The average molecular weight is 256 g/mol. The van der Waals surface area contributed by atoms with Crippen LogP contribution in [0.15, 0.2) is 29.1 Å². The van der Waals surface area contributed by atoms with Gasteiger partial charge in [0.2, 0.25) is 0 Å². The number of aromatic nitrogens is 5. The van der Waals surface area contributed by atoms with Gasteiger partial charge in [-0.05, 0) is 18.2 Å². The van der Waals surface area contributed by atoms with Crippen LogP contribution in [0, 0.1) is 0 Å². The van der Waals surface area contributed by atoms with Crippen LogP contribution in [-0.2, 0) is 0 Å². The molecule has 3 heterocycles. The number of nitrogens with one attached hydrogen (secondary N) is 2. The van der Waals surface area contributed by atoms with Gasteiger partial charge in [-0.2, -0.15) is 5.10 Å². The van der Waals surface area contributed by atoms with Gasteiger partial charge in [-0.25, -0.2) is 15.1 Å². The zero-order valence-corrected chi connectivity index (χ0v) is 10.5. The summed E-state index contributed by atoms with van der Waals surface area (Å²) in [5.74, 6) is 1.41. The first-order chi connectivity index (χ1) is 9.13. The van der Waals surface area contributed by atoms with Crippen molar-refractivity contribution in [2.45, 2.75) is 0 Å². The molecule has 2 N–H and O–H groups in total. The molecule has 0 aliphatic heterocycles. The van der Waals surface area contributed by atoms with Crippen molar-refractivity contribution in [2.75, 3.05) is 19.0 Å². The van der Waals surface area contributed by atoms with E-state index in [0.717, 1.165) is 11.3 Å². The summed E-state index contributed by atoms with van der Waals surface area (Å²) in [5.41, 5.74) is 1.78. The van der Waals surface area contributed by atoms with Crippen molar-refractivity contribution in [3.05, 3.63) is 34.6 Å². The van der Waals surface area contributed by atoms with E-state index in [4.69, 9.17) is 0 Å². The summed E-state index contributed by atoms with van der Waals surface area (Å²) in [7, 11) is 3.84. The number of hydrogen-bond donors (Lipinski definition) is 2. The fourth-order valence-corrected chi connectivity index (χ4v) is 1.73. The maximum atomic E-state index is 11.0. The lowest BCUT2D eigenvalue weighted by atomic mass is 10.4. The van der Waals surface area contributed by atoms with E-state index in [1.54, 1.807) is 6.07 Å². The molecule has 0 radical (unpaired) electrons. The lowest BCUT2D eigenvalue weighted by molar-refractivity contribution is 0.984. The second-order valence-electron chi connectivity index (χ2n) is 4.33. The Hall–Kier alpha value is -2.70. The van der Waals surface area contributed by atoms with Crippen molar-refractivity contribution >= 4 is 17.0 Å². The summed E-state index contributed by atoms with van der Waals surface area (Å²) in [5, 5.41) is 6.31. The predicted octanol–water partition coefficient (Wildman–Crippen LogP) is 0.774. The molecule has 19 heavy (non-hydrogen) atoms. The highest BCUT2D eigenvalue weighted by molar-refractivity contribution is 5.76. The highest BCUT2D eigenvalue weighted by atomic mass is 16.1. The fourth-order valence-electron chi connectivity index (χ4n) is 1.73. The number of nitrogens with zero attached hydrogens (tertiary/aromatic N) is 4. The van der Waals surface area contributed by atoms with E-state index in [1.165, 1.54) is 6.07 Å². The number of imidazole rings is 1. The second kappa shape index (κ2) is 4.20.